The van der Waals surface area contributed by atoms with Gasteiger partial charge in [0.15, 0.2) is 0 Å². The Balaban J connectivity index is 2.25. The minimum atomic E-state index is 0.245. The van der Waals surface area contributed by atoms with Gasteiger partial charge in [0.1, 0.15) is 0 Å². The second kappa shape index (κ2) is 6.18. The number of alkyl halides is 1. The maximum Gasteiger partial charge on any atom is 0.0621 e. The van der Waals surface area contributed by atoms with Crippen LogP contribution in [-0.2, 0) is 6.42 Å². The van der Waals surface area contributed by atoms with Crippen LogP contribution in [0, 0.1) is 6.92 Å². The molecule has 0 saturated carbocycles. The number of benzene rings is 1. The van der Waals surface area contributed by atoms with E-state index >= 15 is 0 Å². The Labute approximate surface area is 129 Å². The number of pyridine rings is 1. The summed E-state index contributed by atoms with van der Waals surface area (Å²) in [5.41, 5.74) is 3.65. The normalized spacial score (nSPS) is 12.4. The number of rotatable bonds is 3. The summed E-state index contributed by atoms with van der Waals surface area (Å²) in [5, 5.41) is 0.717. The average Bonchev–Trinajstić information content (AvgIpc) is 2.35. The van der Waals surface area contributed by atoms with Gasteiger partial charge in [0, 0.05) is 21.7 Å². The highest BCUT2D eigenvalue weighted by molar-refractivity contribution is 9.10. The van der Waals surface area contributed by atoms with Gasteiger partial charge in [-0.15, -0.1) is 0 Å². The topological polar surface area (TPSA) is 12.9 Å². The van der Waals surface area contributed by atoms with Crippen molar-refractivity contribution in [1.29, 1.82) is 0 Å². The Bertz CT molecular complexity index is 557. The molecular formula is C14H12Br2ClN. The van der Waals surface area contributed by atoms with E-state index in [1.165, 1.54) is 11.1 Å². The highest BCUT2D eigenvalue weighted by Gasteiger charge is 2.13. The van der Waals surface area contributed by atoms with E-state index in [1.807, 2.05) is 6.07 Å². The van der Waals surface area contributed by atoms with Crippen molar-refractivity contribution >= 4 is 43.5 Å². The van der Waals surface area contributed by atoms with Crippen molar-refractivity contribution in [3.8, 4) is 0 Å². The third-order valence-corrected chi connectivity index (χ3v) is 4.48. The largest absolute Gasteiger partial charge is 0.263 e. The summed E-state index contributed by atoms with van der Waals surface area (Å²) in [6.45, 7) is 2.12. The smallest absolute Gasteiger partial charge is 0.0621 e. The third-order valence-electron chi connectivity index (χ3n) is 2.83. The molecule has 0 amide bonds. The van der Waals surface area contributed by atoms with Gasteiger partial charge in [0.25, 0.3) is 0 Å². The summed E-state index contributed by atoms with van der Waals surface area (Å²) < 4.78 is 1.09. The van der Waals surface area contributed by atoms with Gasteiger partial charge in [-0.05, 0) is 48.2 Å². The fourth-order valence-corrected chi connectivity index (χ4v) is 3.24. The van der Waals surface area contributed by atoms with Crippen LogP contribution in [0.1, 0.15) is 21.5 Å². The van der Waals surface area contributed by atoms with Crippen LogP contribution in [0.3, 0.4) is 0 Å². The van der Waals surface area contributed by atoms with E-state index in [2.05, 4.69) is 62.0 Å². The lowest BCUT2D eigenvalue weighted by molar-refractivity contribution is 0.933. The van der Waals surface area contributed by atoms with Crippen LogP contribution < -0.4 is 0 Å². The molecule has 0 saturated heterocycles. The molecule has 0 spiro atoms. The summed E-state index contributed by atoms with van der Waals surface area (Å²) in [7, 11) is 0. The number of hydrogen-bond acceptors (Lipinski definition) is 1. The first kappa shape index (κ1) is 14.0. The summed E-state index contributed by atoms with van der Waals surface area (Å²) in [6, 6.07) is 8.27. The van der Waals surface area contributed by atoms with Gasteiger partial charge in [-0.1, -0.05) is 49.5 Å². The number of aromatic nitrogens is 1. The summed E-state index contributed by atoms with van der Waals surface area (Å²) in [6.07, 6.45) is 4.30. The number of hydrogen-bond donors (Lipinski definition) is 0. The summed E-state index contributed by atoms with van der Waals surface area (Å²) in [5.74, 6) is 0. The second-order valence-corrected chi connectivity index (χ2v) is 6.57. The molecule has 18 heavy (non-hydrogen) atoms. The minimum Gasteiger partial charge on any atom is -0.263 e. The van der Waals surface area contributed by atoms with Crippen LogP contribution in [-0.4, -0.2) is 4.98 Å². The molecule has 0 aliphatic carbocycles. The molecule has 0 fully saturated rings. The van der Waals surface area contributed by atoms with Crippen LogP contribution in [0.5, 0.6) is 0 Å². The molecule has 4 heteroatoms. The first-order chi connectivity index (χ1) is 8.58. The molecule has 0 radical (unpaired) electrons. The molecule has 2 aromatic rings. The van der Waals surface area contributed by atoms with Crippen molar-refractivity contribution in [2.75, 3.05) is 0 Å². The standard InChI is InChI=1S/C14H12Br2ClN/c1-9-2-3-11(15)7-12(9)13(16)6-10-4-5-18-8-14(10)17/h2-5,7-8,13H,6H2,1H3. The Hall–Kier alpha value is -0.380. The molecule has 0 bridgehead atoms. The Morgan fingerprint density at radius 2 is 2.11 bits per heavy atom. The lowest BCUT2D eigenvalue weighted by Gasteiger charge is -2.14. The van der Waals surface area contributed by atoms with E-state index in [-0.39, 0.29) is 4.83 Å². The van der Waals surface area contributed by atoms with Crippen molar-refractivity contribution in [3.63, 3.8) is 0 Å². The van der Waals surface area contributed by atoms with E-state index in [9.17, 15) is 0 Å². The van der Waals surface area contributed by atoms with E-state index in [0.29, 0.717) is 0 Å². The average molecular weight is 390 g/mol. The van der Waals surface area contributed by atoms with E-state index < -0.39 is 0 Å². The highest BCUT2D eigenvalue weighted by Crippen LogP contribution is 2.32. The predicted molar refractivity (Wildman–Crippen MR) is 83.5 cm³/mol. The van der Waals surface area contributed by atoms with E-state index in [0.717, 1.165) is 21.5 Å². The Morgan fingerprint density at radius 1 is 1.33 bits per heavy atom. The second-order valence-electron chi connectivity index (χ2n) is 4.14. The zero-order valence-electron chi connectivity index (χ0n) is 9.83. The molecule has 1 unspecified atom stereocenters. The zero-order valence-corrected chi connectivity index (χ0v) is 13.8. The van der Waals surface area contributed by atoms with Gasteiger partial charge in [0.05, 0.1) is 5.02 Å². The molecule has 0 N–H and O–H groups in total. The Kier molecular flexibility index (Phi) is 4.82. The fourth-order valence-electron chi connectivity index (χ4n) is 1.82. The van der Waals surface area contributed by atoms with Crippen LogP contribution in [0.4, 0.5) is 0 Å². The molecular weight excluding hydrogens is 377 g/mol. The van der Waals surface area contributed by atoms with Gasteiger partial charge in [-0.25, -0.2) is 0 Å². The molecule has 1 atom stereocenters. The fraction of sp³-hybridized carbons (Fsp3) is 0.214. The molecule has 1 aromatic heterocycles. The lowest BCUT2D eigenvalue weighted by atomic mass is 10.0. The van der Waals surface area contributed by atoms with Crippen molar-refractivity contribution in [2.24, 2.45) is 0 Å². The van der Waals surface area contributed by atoms with Crippen molar-refractivity contribution in [1.82, 2.24) is 4.98 Å². The lowest BCUT2D eigenvalue weighted by Crippen LogP contribution is -1.99. The first-order valence-corrected chi connectivity index (χ1v) is 7.65. The summed E-state index contributed by atoms with van der Waals surface area (Å²) in [4.78, 5) is 4.25. The molecule has 94 valence electrons. The molecule has 1 heterocycles. The number of nitrogens with zero attached hydrogens (tertiary/aromatic N) is 1. The van der Waals surface area contributed by atoms with Gasteiger partial charge in [0.2, 0.25) is 0 Å². The quantitative estimate of drug-likeness (QED) is 0.633. The van der Waals surface area contributed by atoms with Crippen molar-refractivity contribution < 1.29 is 0 Å². The molecule has 0 aliphatic heterocycles. The zero-order chi connectivity index (χ0) is 13.1. The SMILES string of the molecule is Cc1ccc(Br)cc1C(Br)Cc1ccncc1Cl. The molecule has 2 rings (SSSR count). The first-order valence-electron chi connectivity index (χ1n) is 5.56. The number of aryl methyl sites for hydroxylation is 1. The van der Waals surface area contributed by atoms with Gasteiger partial charge < -0.3 is 0 Å². The van der Waals surface area contributed by atoms with Crippen LogP contribution in [0.15, 0.2) is 41.1 Å². The van der Waals surface area contributed by atoms with Gasteiger partial charge in [-0.2, -0.15) is 0 Å². The third kappa shape index (κ3) is 3.34. The van der Waals surface area contributed by atoms with Crippen LogP contribution in [0.2, 0.25) is 5.02 Å². The molecule has 1 nitrogen and oxygen atoms in total. The van der Waals surface area contributed by atoms with Gasteiger partial charge >= 0.3 is 0 Å². The minimum absolute atomic E-state index is 0.245. The Morgan fingerprint density at radius 3 is 2.83 bits per heavy atom. The predicted octanol–water partition coefficient (Wildman–Crippen LogP) is 5.48. The highest BCUT2D eigenvalue weighted by atomic mass is 79.9. The summed E-state index contributed by atoms with van der Waals surface area (Å²) >= 11 is 13.4. The van der Waals surface area contributed by atoms with Crippen LogP contribution in [0.25, 0.3) is 0 Å². The molecule has 1 aromatic carbocycles. The van der Waals surface area contributed by atoms with Crippen LogP contribution >= 0.6 is 43.5 Å². The number of halogens is 3. The van der Waals surface area contributed by atoms with Crippen molar-refractivity contribution in [3.05, 3.63) is 62.8 Å². The molecule has 0 aliphatic rings. The van der Waals surface area contributed by atoms with E-state index in [1.54, 1.807) is 12.4 Å². The maximum atomic E-state index is 6.13. The van der Waals surface area contributed by atoms with Gasteiger partial charge in [-0.3, -0.25) is 4.98 Å². The van der Waals surface area contributed by atoms with Crippen molar-refractivity contribution in [2.45, 2.75) is 18.2 Å². The monoisotopic (exact) mass is 387 g/mol. The maximum absolute atomic E-state index is 6.13. The van der Waals surface area contributed by atoms with E-state index in [4.69, 9.17) is 11.6 Å².